The van der Waals surface area contributed by atoms with Gasteiger partial charge in [-0.05, 0) is 49.5 Å². The normalized spacial score (nSPS) is 21.6. The summed E-state index contributed by atoms with van der Waals surface area (Å²) in [5.74, 6) is -1.04. The van der Waals surface area contributed by atoms with Gasteiger partial charge in [0.2, 0.25) is 0 Å². The van der Waals surface area contributed by atoms with E-state index >= 15 is 0 Å². The lowest BCUT2D eigenvalue weighted by atomic mass is 9.90. The number of carbonyl (C=O) groups is 1. The fourth-order valence-corrected chi connectivity index (χ4v) is 3.39. The number of rotatable bonds is 5. The van der Waals surface area contributed by atoms with Crippen LogP contribution in [-0.2, 0) is 6.18 Å². The van der Waals surface area contributed by atoms with Gasteiger partial charge in [0, 0.05) is 29.6 Å². The largest absolute Gasteiger partial charge is 0.416 e. The average molecular weight is 423 g/mol. The number of alkyl halides is 4. The molecule has 1 aliphatic rings. The second-order valence-electron chi connectivity index (χ2n) is 8.61. The van der Waals surface area contributed by atoms with E-state index in [1.807, 2.05) is 0 Å². The van der Waals surface area contributed by atoms with Gasteiger partial charge in [0.15, 0.2) is 0 Å². The number of hydrogen-bond donors (Lipinski definition) is 1. The van der Waals surface area contributed by atoms with E-state index in [0.29, 0.717) is 13.0 Å². The van der Waals surface area contributed by atoms with Crippen LogP contribution in [0.15, 0.2) is 18.2 Å². The minimum absolute atomic E-state index is 0.0843. The highest BCUT2D eigenvalue weighted by atomic mass is 35.5. The van der Waals surface area contributed by atoms with E-state index in [2.05, 4.69) is 31.0 Å². The van der Waals surface area contributed by atoms with Gasteiger partial charge >= 0.3 is 6.18 Å². The van der Waals surface area contributed by atoms with Crippen molar-refractivity contribution in [1.82, 2.24) is 10.2 Å². The van der Waals surface area contributed by atoms with Crippen molar-refractivity contribution < 1.29 is 22.4 Å². The van der Waals surface area contributed by atoms with E-state index in [4.69, 9.17) is 11.6 Å². The van der Waals surface area contributed by atoms with Crippen LogP contribution in [0.1, 0.15) is 49.5 Å². The van der Waals surface area contributed by atoms with Crippen LogP contribution in [0.3, 0.4) is 0 Å². The molecule has 0 radical (unpaired) electrons. The van der Waals surface area contributed by atoms with Crippen molar-refractivity contribution >= 4 is 17.5 Å². The van der Waals surface area contributed by atoms with Crippen LogP contribution in [-0.4, -0.2) is 43.2 Å². The van der Waals surface area contributed by atoms with E-state index < -0.39 is 23.8 Å². The summed E-state index contributed by atoms with van der Waals surface area (Å²) in [5.41, 5.74) is -0.985. The van der Waals surface area contributed by atoms with E-state index in [1.54, 1.807) is 0 Å². The topological polar surface area (TPSA) is 32.3 Å². The molecule has 0 saturated carbocycles. The molecule has 1 amide bonds. The third-order valence-corrected chi connectivity index (χ3v) is 5.17. The molecule has 158 valence electrons. The maximum absolute atomic E-state index is 14.5. The van der Waals surface area contributed by atoms with Crippen molar-refractivity contribution in [1.29, 1.82) is 0 Å². The predicted octanol–water partition coefficient (Wildman–Crippen LogP) is 5.18. The number of carbonyl (C=O) groups excluding carboxylic acids is 1. The lowest BCUT2D eigenvalue weighted by Gasteiger charge is -2.36. The Kier molecular flexibility index (Phi) is 7.37. The maximum Gasteiger partial charge on any atom is 0.416 e. The minimum atomic E-state index is -4.59. The molecule has 2 rings (SSSR count). The van der Waals surface area contributed by atoms with Crippen LogP contribution in [0.4, 0.5) is 17.6 Å². The summed E-state index contributed by atoms with van der Waals surface area (Å²) in [6, 6.07) is 2.70. The molecule has 1 fully saturated rings. The van der Waals surface area contributed by atoms with Gasteiger partial charge < -0.3 is 10.2 Å². The Morgan fingerprint density at radius 2 is 1.93 bits per heavy atom. The van der Waals surface area contributed by atoms with E-state index in [9.17, 15) is 22.4 Å². The van der Waals surface area contributed by atoms with Gasteiger partial charge in [0.1, 0.15) is 6.17 Å². The monoisotopic (exact) mass is 422 g/mol. The Labute approximate surface area is 168 Å². The lowest BCUT2D eigenvalue weighted by Crippen LogP contribution is -2.46. The van der Waals surface area contributed by atoms with Crippen LogP contribution in [0.2, 0.25) is 5.02 Å². The first-order chi connectivity index (χ1) is 12.8. The van der Waals surface area contributed by atoms with Crippen molar-refractivity contribution in [3.8, 4) is 0 Å². The van der Waals surface area contributed by atoms with Gasteiger partial charge in [-0.25, -0.2) is 4.39 Å². The van der Waals surface area contributed by atoms with Crippen molar-refractivity contribution in [2.45, 2.75) is 46.0 Å². The number of nitrogens with one attached hydrogen (secondary N) is 1. The molecule has 0 bridgehead atoms. The number of nitrogens with zero attached hydrogens (tertiary/aromatic N) is 1. The third kappa shape index (κ3) is 6.92. The Morgan fingerprint density at radius 3 is 2.50 bits per heavy atom. The number of likely N-dealkylation sites (tertiary alicyclic amines) is 1. The number of benzene rings is 1. The number of hydrogen-bond acceptors (Lipinski definition) is 2. The standard InChI is InChI=1S/C20H27ClF4N2O/c1-19(2,3)5-7-27-6-4-13(17(22)12-27)11-26-18(28)14-8-15(20(23,24)25)10-16(21)9-14/h8-10,13,17H,4-7,11-12H2,1-3H3,(H,26,28). The molecule has 3 nitrogen and oxygen atoms in total. The second-order valence-corrected chi connectivity index (χ2v) is 9.05. The van der Waals surface area contributed by atoms with Gasteiger partial charge in [-0.2, -0.15) is 13.2 Å². The molecule has 2 unspecified atom stereocenters. The Hall–Kier alpha value is -1.34. The second kappa shape index (κ2) is 8.99. The maximum atomic E-state index is 14.5. The first-order valence-corrected chi connectivity index (χ1v) is 9.75. The molecule has 1 N–H and O–H groups in total. The molecule has 0 aromatic heterocycles. The van der Waals surface area contributed by atoms with E-state index in [0.717, 1.165) is 31.6 Å². The van der Waals surface area contributed by atoms with E-state index in [-0.39, 0.29) is 28.5 Å². The molecule has 1 aromatic rings. The molecule has 1 heterocycles. The first kappa shape index (κ1) is 22.9. The summed E-state index contributed by atoms with van der Waals surface area (Å²) < 4.78 is 53.1. The smallest absolute Gasteiger partial charge is 0.352 e. The molecule has 1 aromatic carbocycles. The summed E-state index contributed by atoms with van der Waals surface area (Å²) in [6.07, 6.45) is -4.12. The fraction of sp³-hybridized carbons (Fsp3) is 0.650. The van der Waals surface area contributed by atoms with Gasteiger partial charge in [0.25, 0.3) is 5.91 Å². The molecule has 1 aliphatic heterocycles. The van der Waals surface area contributed by atoms with Gasteiger partial charge in [-0.1, -0.05) is 32.4 Å². The zero-order valence-electron chi connectivity index (χ0n) is 16.4. The zero-order valence-corrected chi connectivity index (χ0v) is 17.1. The van der Waals surface area contributed by atoms with Crippen molar-refractivity contribution in [3.63, 3.8) is 0 Å². The SMILES string of the molecule is CC(C)(C)CCN1CCC(CNC(=O)c2cc(Cl)cc(C(F)(F)F)c2)C(F)C1. The van der Waals surface area contributed by atoms with Crippen LogP contribution < -0.4 is 5.32 Å². The summed E-state index contributed by atoms with van der Waals surface area (Å²) in [6.45, 7) is 8.39. The molecule has 8 heteroatoms. The number of halogens is 5. The van der Waals surface area contributed by atoms with Crippen LogP contribution >= 0.6 is 11.6 Å². The molecule has 28 heavy (non-hydrogen) atoms. The zero-order chi connectivity index (χ0) is 21.1. The molecule has 0 spiro atoms. The molecular weight excluding hydrogens is 396 g/mol. The molecule has 2 atom stereocenters. The quantitative estimate of drug-likeness (QED) is 0.663. The van der Waals surface area contributed by atoms with Crippen molar-refractivity contribution in [2.24, 2.45) is 11.3 Å². The molecule has 0 aliphatic carbocycles. The minimum Gasteiger partial charge on any atom is -0.352 e. The highest BCUT2D eigenvalue weighted by Crippen LogP contribution is 2.32. The summed E-state index contributed by atoms with van der Waals surface area (Å²) in [4.78, 5) is 14.3. The van der Waals surface area contributed by atoms with Gasteiger partial charge in [-0.15, -0.1) is 0 Å². The first-order valence-electron chi connectivity index (χ1n) is 9.37. The number of piperidine rings is 1. The average Bonchev–Trinajstić information content (AvgIpc) is 2.57. The number of amides is 1. The van der Waals surface area contributed by atoms with E-state index in [1.165, 1.54) is 6.07 Å². The highest BCUT2D eigenvalue weighted by molar-refractivity contribution is 6.31. The van der Waals surface area contributed by atoms with Crippen molar-refractivity contribution in [3.05, 3.63) is 34.3 Å². The van der Waals surface area contributed by atoms with Crippen LogP contribution in [0.5, 0.6) is 0 Å². The van der Waals surface area contributed by atoms with Crippen LogP contribution in [0, 0.1) is 11.3 Å². The Balaban J connectivity index is 1.89. The Bertz CT molecular complexity index is 688. The lowest BCUT2D eigenvalue weighted by molar-refractivity contribution is -0.137. The van der Waals surface area contributed by atoms with Crippen molar-refractivity contribution in [2.75, 3.05) is 26.2 Å². The van der Waals surface area contributed by atoms with Gasteiger partial charge in [0.05, 0.1) is 5.56 Å². The summed E-state index contributed by atoms with van der Waals surface area (Å²) in [7, 11) is 0. The predicted molar refractivity (Wildman–Crippen MR) is 102 cm³/mol. The molecular formula is C20H27ClF4N2O. The third-order valence-electron chi connectivity index (χ3n) is 4.95. The highest BCUT2D eigenvalue weighted by Gasteiger charge is 2.32. The summed E-state index contributed by atoms with van der Waals surface area (Å²) >= 11 is 5.70. The summed E-state index contributed by atoms with van der Waals surface area (Å²) in [5, 5.41) is 2.38. The fourth-order valence-electron chi connectivity index (χ4n) is 3.15. The van der Waals surface area contributed by atoms with Crippen LogP contribution in [0.25, 0.3) is 0 Å². The van der Waals surface area contributed by atoms with Gasteiger partial charge in [-0.3, -0.25) is 4.79 Å². The Morgan fingerprint density at radius 1 is 1.25 bits per heavy atom. The molecule has 1 saturated heterocycles.